The van der Waals surface area contributed by atoms with E-state index in [9.17, 15) is 9.18 Å². The molecule has 0 aromatic heterocycles. The number of rotatable bonds is 6. The molecular formula is C15H19ClFNO2. The lowest BCUT2D eigenvalue weighted by atomic mass is 9.93. The van der Waals surface area contributed by atoms with Gasteiger partial charge in [-0.1, -0.05) is 18.5 Å². The highest BCUT2D eigenvalue weighted by Crippen LogP contribution is 2.22. The second-order valence-corrected chi connectivity index (χ2v) is 5.49. The minimum Gasteiger partial charge on any atom is -0.379 e. The monoisotopic (exact) mass is 299 g/mol. The quantitative estimate of drug-likeness (QED) is 0.877. The number of hydrogen-bond donors (Lipinski definition) is 1. The topological polar surface area (TPSA) is 38.3 Å². The Balaban J connectivity index is 2.01. The van der Waals surface area contributed by atoms with Gasteiger partial charge >= 0.3 is 0 Å². The van der Waals surface area contributed by atoms with Crippen LogP contribution >= 0.6 is 11.6 Å². The molecule has 2 atom stereocenters. The van der Waals surface area contributed by atoms with Crippen LogP contribution in [0.25, 0.3) is 0 Å². The number of nitrogens with one attached hydrogen (secondary N) is 1. The average Bonchev–Trinajstić information content (AvgIpc) is 2.89. The molecule has 2 rings (SSSR count). The lowest BCUT2D eigenvalue weighted by Crippen LogP contribution is -2.40. The van der Waals surface area contributed by atoms with E-state index in [1.54, 1.807) is 0 Å². The third-order valence-corrected chi connectivity index (χ3v) is 3.89. The Morgan fingerprint density at radius 1 is 1.50 bits per heavy atom. The van der Waals surface area contributed by atoms with Crippen LogP contribution < -0.4 is 5.32 Å². The number of carbonyl (C=O) groups excluding carboxylic acids is 1. The molecule has 1 aliphatic rings. The summed E-state index contributed by atoms with van der Waals surface area (Å²) >= 11 is 6.00. The van der Waals surface area contributed by atoms with Crippen LogP contribution in [-0.2, 0) is 16.0 Å². The van der Waals surface area contributed by atoms with Crippen LogP contribution in [0.3, 0.4) is 0 Å². The molecule has 0 saturated carbocycles. The van der Waals surface area contributed by atoms with Gasteiger partial charge in [0.2, 0.25) is 0 Å². The van der Waals surface area contributed by atoms with Crippen LogP contribution in [0.4, 0.5) is 4.39 Å². The van der Waals surface area contributed by atoms with E-state index in [0.717, 1.165) is 13.0 Å². The third kappa shape index (κ3) is 3.78. The van der Waals surface area contributed by atoms with Crippen molar-refractivity contribution >= 4 is 17.4 Å². The van der Waals surface area contributed by atoms with Gasteiger partial charge in [-0.05, 0) is 36.7 Å². The Bertz CT molecular complexity index is 481. The molecule has 0 aliphatic carbocycles. The van der Waals surface area contributed by atoms with E-state index in [0.29, 0.717) is 23.8 Å². The maximum Gasteiger partial charge on any atom is 0.144 e. The maximum absolute atomic E-state index is 13.2. The van der Waals surface area contributed by atoms with Crippen molar-refractivity contribution in [3.63, 3.8) is 0 Å². The molecule has 0 spiro atoms. The summed E-state index contributed by atoms with van der Waals surface area (Å²) in [5, 5.41) is 3.75. The highest BCUT2D eigenvalue weighted by atomic mass is 35.5. The summed E-state index contributed by atoms with van der Waals surface area (Å²) in [6.07, 6.45) is 1.15. The molecular weight excluding hydrogens is 281 g/mol. The normalized spacial score (nSPS) is 22.1. The average molecular weight is 300 g/mol. The number of ketones is 1. The molecule has 1 aliphatic heterocycles. The predicted octanol–water partition coefficient (Wildman–Crippen LogP) is 2.61. The zero-order valence-corrected chi connectivity index (χ0v) is 12.3. The molecule has 2 unspecified atom stereocenters. The number of hydrogen-bond acceptors (Lipinski definition) is 3. The summed E-state index contributed by atoms with van der Waals surface area (Å²) in [5.74, 6) is -0.509. The summed E-state index contributed by atoms with van der Waals surface area (Å²) in [6, 6.07) is 4.15. The summed E-state index contributed by atoms with van der Waals surface area (Å²) in [6.45, 7) is 3.91. The van der Waals surface area contributed by atoms with Gasteiger partial charge in [-0.15, -0.1) is 0 Å². The fraction of sp³-hybridized carbons (Fsp3) is 0.533. The zero-order chi connectivity index (χ0) is 14.5. The van der Waals surface area contributed by atoms with Crippen LogP contribution in [0.2, 0.25) is 5.02 Å². The van der Waals surface area contributed by atoms with Crippen molar-refractivity contribution < 1.29 is 13.9 Å². The molecule has 1 aromatic carbocycles. The van der Waals surface area contributed by atoms with Crippen LogP contribution in [0.5, 0.6) is 0 Å². The number of benzene rings is 1. The number of Topliss-reactive ketones (excluding diaryl/α,β-unsaturated/α-hetero) is 1. The number of halogens is 2. The van der Waals surface area contributed by atoms with E-state index < -0.39 is 0 Å². The van der Waals surface area contributed by atoms with Crippen LogP contribution in [0.1, 0.15) is 18.9 Å². The van der Waals surface area contributed by atoms with Gasteiger partial charge in [0.1, 0.15) is 11.6 Å². The molecule has 0 radical (unpaired) electrons. The summed E-state index contributed by atoms with van der Waals surface area (Å²) in [4.78, 5) is 12.4. The first-order valence-corrected chi connectivity index (χ1v) is 7.27. The van der Waals surface area contributed by atoms with Crippen molar-refractivity contribution in [3.8, 4) is 0 Å². The van der Waals surface area contributed by atoms with E-state index in [4.69, 9.17) is 16.3 Å². The third-order valence-electron chi connectivity index (χ3n) is 3.52. The number of ether oxygens (including phenoxy) is 1. The standard InChI is InChI=1S/C15H19ClFNO2/c1-2-5-18-14-9-20-8-12(14)15(19)7-10-6-11(17)3-4-13(10)16/h3-4,6,12,14,18H,2,5,7-9H2,1H3. The van der Waals surface area contributed by atoms with Gasteiger partial charge < -0.3 is 10.1 Å². The minimum absolute atomic E-state index is 0.0450. The molecule has 3 nitrogen and oxygen atoms in total. The maximum atomic E-state index is 13.2. The number of carbonyl (C=O) groups is 1. The van der Waals surface area contributed by atoms with Gasteiger partial charge in [-0.2, -0.15) is 0 Å². The highest BCUT2D eigenvalue weighted by Gasteiger charge is 2.33. The summed E-state index contributed by atoms with van der Waals surface area (Å²) in [5.41, 5.74) is 0.540. The smallest absolute Gasteiger partial charge is 0.144 e. The first-order valence-electron chi connectivity index (χ1n) is 6.89. The molecule has 1 fully saturated rings. The SMILES string of the molecule is CCCNC1COCC1C(=O)Cc1cc(F)ccc1Cl. The van der Waals surface area contributed by atoms with Crippen molar-refractivity contribution in [2.45, 2.75) is 25.8 Å². The highest BCUT2D eigenvalue weighted by molar-refractivity contribution is 6.31. The van der Waals surface area contributed by atoms with E-state index in [2.05, 4.69) is 12.2 Å². The minimum atomic E-state index is -0.375. The fourth-order valence-electron chi connectivity index (χ4n) is 2.40. The van der Waals surface area contributed by atoms with Gasteiger partial charge in [0, 0.05) is 17.5 Å². The molecule has 0 bridgehead atoms. The lowest BCUT2D eigenvalue weighted by Gasteiger charge is -2.18. The van der Waals surface area contributed by atoms with Gasteiger partial charge in [0.15, 0.2) is 0 Å². The van der Waals surface area contributed by atoms with Crippen molar-refractivity contribution in [1.82, 2.24) is 5.32 Å². The Kier molecular flexibility index (Phi) is 5.52. The van der Waals surface area contributed by atoms with Crippen LogP contribution in [0, 0.1) is 11.7 Å². The van der Waals surface area contributed by atoms with Crippen LogP contribution in [0.15, 0.2) is 18.2 Å². The Labute approximate surface area is 123 Å². The Morgan fingerprint density at radius 2 is 2.30 bits per heavy atom. The predicted molar refractivity (Wildman–Crippen MR) is 76.5 cm³/mol. The van der Waals surface area contributed by atoms with Crippen LogP contribution in [-0.4, -0.2) is 31.6 Å². The second kappa shape index (κ2) is 7.16. The molecule has 1 N–H and O–H groups in total. The Morgan fingerprint density at radius 3 is 3.05 bits per heavy atom. The molecule has 1 aromatic rings. The fourth-order valence-corrected chi connectivity index (χ4v) is 2.58. The van der Waals surface area contributed by atoms with Crippen molar-refractivity contribution in [3.05, 3.63) is 34.6 Å². The molecule has 0 amide bonds. The van der Waals surface area contributed by atoms with Crippen molar-refractivity contribution in [2.75, 3.05) is 19.8 Å². The van der Waals surface area contributed by atoms with E-state index in [-0.39, 0.29) is 30.0 Å². The molecule has 1 saturated heterocycles. The molecule has 1 heterocycles. The molecule has 110 valence electrons. The van der Waals surface area contributed by atoms with E-state index in [1.165, 1.54) is 18.2 Å². The first kappa shape index (κ1) is 15.4. The van der Waals surface area contributed by atoms with E-state index >= 15 is 0 Å². The van der Waals surface area contributed by atoms with E-state index in [1.807, 2.05) is 0 Å². The second-order valence-electron chi connectivity index (χ2n) is 5.08. The van der Waals surface area contributed by atoms with Crippen molar-refractivity contribution in [1.29, 1.82) is 0 Å². The first-order chi connectivity index (χ1) is 9.61. The summed E-state index contributed by atoms with van der Waals surface area (Å²) in [7, 11) is 0. The summed E-state index contributed by atoms with van der Waals surface area (Å²) < 4.78 is 18.6. The van der Waals surface area contributed by atoms with Gasteiger partial charge in [-0.25, -0.2) is 4.39 Å². The molecule has 20 heavy (non-hydrogen) atoms. The Hall–Kier alpha value is -0.970. The zero-order valence-electron chi connectivity index (χ0n) is 11.5. The lowest BCUT2D eigenvalue weighted by molar-refractivity contribution is -0.122. The van der Waals surface area contributed by atoms with Crippen molar-refractivity contribution in [2.24, 2.45) is 5.92 Å². The van der Waals surface area contributed by atoms with Gasteiger partial charge in [0.25, 0.3) is 0 Å². The van der Waals surface area contributed by atoms with Gasteiger partial charge in [-0.3, -0.25) is 4.79 Å². The molecule has 5 heteroatoms. The van der Waals surface area contributed by atoms with Gasteiger partial charge in [0.05, 0.1) is 19.1 Å². The largest absolute Gasteiger partial charge is 0.379 e.